The summed E-state index contributed by atoms with van der Waals surface area (Å²) in [5.74, 6) is 3.90. The van der Waals surface area contributed by atoms with Crippen molar-refractivity contribution in [3.63, 3.8) is 0 Å². The van der Waals surface area contributed by atoms with Crippen LogP contribution in [-0.4, -0.2) is 41.0 Å². The summed E-state index contributed by atoms with van der Waals surface area (Å²) in [6.45, 7) is 2.21. The Morgan fingerprint density at radius 1 is 1.21 bits per heavy atom. The number of rotatable bonds is 5. The van der Waals surface area contributed by atoms with E-state index in [1.165, 1.54) is 12.8 Å². The fraction of sp³-hybridized carbons (Fsp3) is 0.550. The lowest BCUT2D eigenvalue weighted by molar-refractivity contribution is 0.161. The molecule has 1 N–H and O–H groups in total. The zero-order valence-electron chi connectivity index (χ0n) is 15.7. The molecule has 3 heterocycles. The molecule has 5 rings (SSSR count). The van der Waals surface area contributed by atoms with E-state index in [1.807, 2.05) is 23.1 Å². The molecular weight excluding hydrogens is 360 g/mol. The molecule has 1 saturated carbocycles. The molecule has 1 aliphatic carbocycles. The summed E-state index contributed by atoms with van der Waals surface area (Å²) in [6.07, 6.45) is 5.14. The summed E-state index contributed by atoms with van der Waals surface area (Å²) in [6, 6.07) is 5.70. The van der Waals surface area contributed by atoms with Gasteiger partial charge in [-0.2, -0.15) is 4.98 Å². The maximum Gasteiger partial charge on any atom is 0.317 e. The molecule has 2 aromatic rings. The van der Waals surface area contributed by atoms with Crippen molar-refractivity contribution < 1.29 is 18.8 Å². The highest BCUT2D eigenvalue weighted by Gasteiger charge is 2.30. The van der Waals surface area contributed by atoms with Crippen LogP contribution in [0.25, 0.3) is 0 Å². The molecule has 8 heteroatoms. The number of fused-ring (bicyclic) bond motifs is 1. The van der Waals surface area contributed by atoms with Gasteiger partial charge in [-0.1, -0.05) is 11.2 Å². The number of nitrogens with one attached hydrogen (secondary N) is 1. The summed E-state index contributed by atoms with van der Waals surface area (Å²) in [5, 5.41) is 7.10. The predicted molar refractivity (Wildman–Crippen MR) is 99.1 cm³/mol. The number of benzene rings is 1. The molecule has 2 aliphatic heterocycles. The lowest BCUT2D eigenvalue weighted by Gasteiger charge is -2.32. The van der Waals surface area contributed by atoms with Crippen molar-refractivity contribution in [2.75, 3.05) is 19.9 Å². The Morgan fingerprint density at radius 2 is 2.11 bits per heavy atom. The minimum atomic E-state index is -0.0356. The molecule has 1 unspecified atom stereocenters. The van der Waals surface area contributed by atoms with Crippen molar-refractivity contribution in [1.82, 2.24) is 20.4 Å². The van der Waals surface area contributed by atoms with Gasteiger partial charge in [-0.15, -0.1) is 0 Å². The van der Waals surface area contributed by atoms with Crippen LogP contribution >= 0.6 is 0 Å². The lowest BCUT2D eigenvalue weighted by atomic mass is 9.95. The monoisotopic (exact) mass is 384 g/mol. The number of ether oxygens (including phenoxy) is 2. The van der Waals surface area contributed by atoms with Gasteiger partial charge in [0.2, 0.25) is 12.7 Å². The van der Waals surface area contributed by atoms with Gasteiger partial charge in [-0.05, 0) is 49.3 Å². The minimum absolute atomic E-state index is 0.0356. The number of urea groups is 1. The van der Waals surface area contributed by atoms with Crippen molar-refractivity contribution >= 4 is 6.03 Å². The Bertz CT molecular complexity index is 864. The van der Waals surface area contributed by atoms with Crippen LogP contribution in [0.1, 0.15) is 48.9 Å². The van der Waals surface area contributed by atoms with E-state index in [1.54, 1.807) is 0 Å². The molecule has 1 aromatic heterocycles. The summed E-state index contributed by atoms with van der Waals surface area (Å²) in [4.78, 5) is 19.0. The topological polar surface area (TPSA) is 89.7 Å². The third-order valence-corrected chi connectivity index (χ3v) is 5.58. The highest BCUT2D eigenvalue weighted by Crippen LogP contribution is 2.38. The smallest absolute Gasteiger partial charge is 0.317 e. The van der Waals surface area contributed by atoms with Gasteiger partial charge >= 0.3 is 6.03 Å². The van der Waals surface area contributed by atoms with Crippen LogP contribution in [-0.2, 0) is 13.0 Å². The summed E-state index contributed by atoms with van der Waals surface area (Å²) < 4.78 is 16.1. The van der Waals surface area contributed by atoms with Crippen molar-refractivity contribution in [2.24, 2.45) is 5.92 Å². The molecule has 8 nitrogen and oxygen atoms in total. The maximum atomic E-state index is 12.6. The molecule has 0 bridgehead atoms. The van der Waals surface area contributed by atoms with E-state index in [9.17, 15) is 4.79 Å². The summed E-state index contributed by atoms with van der Waals surface area (Å²) in [7, 11) is 0. The molecule has 2 fully saturated rings. The normalized spacial score (nSPS) is 21.0. The maximum absolute atomic E-state index is 12.6. The Kier molecular flexibility index (Phi) is 4.54. The van der Waals surface area contributed by atoms with Crippen molar-refractivity contribution in [3.05, 3.63) is 35.5 Å². The molecule has 28 heavy (non-hydrogen) atoms. The van der Waals surface area contributed by atoms with E-state index in [-0.39, 0.29) is 12.8 Å². The quantitative estimate of drug-likeness (QED) is 0.853. The number of hydrogen-bond acceptors (Lipinski definition) is 6. The molecular formula is C20H24N4O4. The van der Waals surface area contributed by atoms with Gasteiger partial charge in [0.1, 0.15) is 0 Å². The van der Waals surface area contributed by atoms with Gasteiger partial charge in [-0.25, -0.2) is 4.79 Å². The first kappa shape index (κ1) is 17.3. The first-order valence-electron chi connectivity index (χ1n) is 9.98. The van der Waals surface area contributed by atoms with Gasteiger partial charge in [0, 0.05) is 32.0 Å². The van der Waals surface area contributed by atoms with Gasteiger partial charge in [0.05, 0.1) is 0 Å². The van der Waals surface area contributed by atoms with E-state index >= 15 is 0 Å². The standard InChI is InChI=1S/C20H24N4O4/c25-20(21-10-13-3-6-16-17(8-13)27-12-26-16)24-7-1-2-14(11-24)9-18-22-19(23-28-18)15-4-5-15/h3,6,8,14-15H,1-2,4-5,7,9-12H2,(H,21,25). The van der Waals surface area contributed by atoms with Crippen LogP contribution in [0.3, 0.4) is 0 Å². The molecule has 1 saturated heterocycles. The first-order chi connectivity index (χ1) is 13.7. The van der Waals surface area contributed by atoms with E-state index in [4.69, 9.17) is 14.0 Å². The van der Waals surface area contributed by atoms with Gasteiger partial charge in [0.25, 0.3) is 0 Å². The van der Waals surface area contributed by atoms with Crippen LogP contribution < -0.4 is 14.8 Å². The Labute approximate surface area is 163 Å². The molecule has 3 aliphatic rings. The van der Waals surface area contributed by atoms with Crippen LogP contribution in [0, 0.1) is 5.92 Å². The highest BCUT2D eigenvalue weighted by atomic mass is 16.7. The number of carbonyl (C=O) groups is 1. The zero-order valence-corrected chi connectivity index (χ0v) is 15.7. The average Bonchev–Trinajstić information content (AvgIpc) is 3.28. The number of likely N-dealkylation sites (tertiary alicyclic amines) is 1. The van der Waals surface area contributed by atoms with Crippen LogP contribution in [0.4, 0.5) is 4.79 Å². The number of carbonyl (C=O) groups excluding carboxylic acids is 1. The van der Waals surface area contributed by atoms with Crippen LogP contribution in [0.5, 0.6) is 11.5 Å². The SMILES string of the molecule is O=C(NCc1ccc2c(c1)OCO2)N1CCCC(Cc2nc(C3CC3)no2)C1. The molecule has 0 radical (unpaired) electrons. The van der Waals surface area contributed by atoms with Crippen molar-refractivity contribution in [3.8, 4) is 11.5 Å². The summed E-state index contributed by atoms with van der Waals surface area (Å²) >= 11 is 0. The number of nitrogens with zero attached hydrogens (tertiary/aromatic N) is 3. The van der Waals surface area contributed by atoms with Gasteiger partial charge in [-0.3, -0.25) is 0 Å². The Hall–Kier alpha value is -2.77. The third kappa shape index (κ3) is 3.76. The van der Waals surface area contributed by atoms with E-state index in [0.29, 0.717) is 30.8 Å². The third-order valence-electron chi connectivity index (χ3n) is 5.58. The fourth-order valence-electron chi connectivity index (χ4n) is 3.86. The Balaban J connectivity index is 1.13. The van der Waals surface area contributed by atoms with Crippen LogP contribution in [0.15, 0.2) is 22.7 Å². The second-order valence-electron chi connectivity index (χ2n) is 7.83. The molecule has 148 valence electrons. The van der Waals surface area contributed by atoms with Crippen molar-refractivity contribution in [2.45, 2.75) is 44.6 Å². The second-order valence-corrected chi connectivity index (χ2v) is 7.83. The second kappa shape index (κ2) is 7.33. The molecule has 1 atom stereocenters. The van der Waals surface area contributed by atoms with Crippen LogP contribution in [0.2, 0.25) is 0 Å². The predicted octanol–water partition coefficient (Wildman–Crippen LogP) is 2.84. The molecule has 0 spiro atoms. The molecule has 1 aromatic carbocycles. The van der Waals surface area contributed by atoms with Crippen molar-refractivity contribution in [1.29, 1.82) is 0 Å². The van der Waals surface area contributed by atoms with E-state index in [2.05, 4.69) is 15.5 Å². The average molecular weight is 384 g/mol. The Morgan fingerprint density at radius 3 is 3.00 bits per heavy atom. The van der Waals surface area contributed by atoms with E-state index < -0.39 is 0 Å². The number of piperidine rings is 1. The first-order valence-corrected chi connectivity index (χ1v) is 9.98. The van der Waals surface area contributed by atoms with Gasteiger partial charge in [0.15, 0.2) is 17.3 Å². The fourth-order valence-corrected chi connectivity index (χ4v) is 3.86. The number of amides is 2. The largest absolute Gasteiger partial charge is 0.454 e. The lowest BCUT2D eigenvalue weighted by Crippen LogP contribution is -2.45. The number of aromatic nitrogens is 2. The zero-order chi connectivity index (χ0) is 18.9. The highest BCUT2D eigenvalue weighted by molar-refractivity contribution is 5.74. The molecule has 2 amide bonds. The van der Waals surface area contributed by atoms with E-state index in [0.717, 1.165) is 48.7 Å². The number of hydrogen-bond donors (Lipinski definition) is 1. The minimum Gasteiger partial charge on any atom is -0.454 e. The summed E-state index contributed by atoms with van der Waals surface area (Å²) in [5.41, 5.74) is 0.990. The van der Waals surface area contributed by atoms with Gasteiger partial charge < -0.3 is 24.2 Å².